The van der Waals surface area contributed by atoms with E-state index in [4.69, 9.17) is 20.4 Å². The lowest BCUT2D eigenvalue weighted by Crippen LogP contribution is -2.02. The number of thiophene rings is 1. The van der Waals surface area contributed by atoms with E-state index in [2.05, 4.69) is 42.5 Å². The fraction of sp³-hybridized carbons (Fsp3) is 0. The molecule has 11 rings (SSSR count). The van der Waals surface area contributed by atoms with Crippen LogP contribution in [0.15, 0.2) is 182 Å². The highest BCUT2D eigenvalue weighted by Gasteiger charge is 2.21. The van der Waals surface area contributed by atoms with E-state index in [0.717, 1.165) is 53.2 Å². The first-order chi connectivity index (χ1) is 29.2. The monoisotopic (exact) mass is 712 g/mol. The Morgan fingerprint density at radius 3 is 1.89 bits per heavy atom. The van der Waals surface area contributed by atoms with Gasteiger partial charge in [0.25, 0.3) is 0 Å². The van der Waals surface area contributed by atoms with Gasteiger partial charge in [0, 0.05) is 58.8 Å². The quantitative estimate of drug-likeness (QED) is 0.178. The first-order valence-corrected chi connectivity index (χ1v) is 18.4. The van der Waals surface area contributed by atoms with Crippen LogP contribution in [0.3, 0.4) is 0 Å². The minimum absolute atomic E-state index is 0.0210. The first kappa shape index (κ1) is 25.1. The Morgan fingerprint density at radius 2 is 1.07 bits per heavy atom. The molecule has 252 valence electrons. The summed E-state index contributed by atoms with van der Waals surface area (Å²) in [5.41, 5.74) is 5.25. The second-order valence-corrected chi connectivity index (χ2v) is 14.2. The Hall–Kier alpha value is -6.95. The SMILES string of the molecule is [2H]c1cc([2H])c2c(c1[2H])c1c([2H])c([2H])cc([2H])c1n2-c1ccc(-c2nc(-c3ccccc3)nc(-c3cccc4ccccc34)n2)cc1-c1cccc2c1sc1ccccc12. The Bertz CT molecular complexity index is 3510. The molecule has 0 fully saturated rings. The molecule has 0 unspecified atom stereocenters. The van der Waals surface area contributed by atoms with Crippen molar-refractivity contribution in [3.63, 3.8) is 0 Å². The molecule has 3 aromatic heterocycles. The first-order valence-electron chi connectivity index (χ1n) is 20.6. The topological polar surface area (TPSA) is 43.6 Å². The summed E-state index contributed by atoms with van der Waals surface area (Å²) in [6, 6.07) is 46.5. The summed E-state index contributed by atoms with van der Waals surface area (Å²) < 4.78 is 57.6. The predicted octanol–water partition coefficient (Wildman–Crippen LogP) is 13.2. The van der Waals surface area contributed by atoms with Crippen LogP contribution in [0.5, 0.6) is 0 Å². The van der Waals surface area contributed by atoms with Crippen LogP contribution in [-0.2, 0) is 0 Å². The van der Waals surface area contributed by atoms with Crippen LogP contribution in [0.4, 0.5) is 0 Å². The van der Waals surface area contributed by atoms with Gasteiger partial charge in [-0.1, -0.05) is 145 Å². The fourth-order valence-electron chi connectivity index (χ4n) is 7.56. The van der Waals surface area contributed by atoms with Crippen molar-refractivity contribution in [3.8, 4) is 51.0 Å². The third-order valence-electron chi connectivity index (χ3n) is 10.0. The molecule has 4 nitrogen and oxygen atoms in total. The molecule has 0 atom stereocenters. The second kappa shape index (κ2) is 12.3. The van der Waals surface area contributed by atoms with Gasteiger partial charge in [-0.3, -0.25) is 0 Å². The molecular weight excluding hydrogens is 677 g/mol. The molecule has 0 spiro atoms. The molecule has 8 aromatic carbocycles. The molecular formula is C49H30N4S. The average Bonchev–Trinajstić information content (AvgIpc) is 3.85. The van der Waals surface area contributed by atoms with E-state index in [0.29, 0.717) is 39.8 Å². The summed E-state index contributed by atoms with van der Waals surface area (Å²) in [7, 11) is 0. The van der Waals surface area contributed by atoms with Crippen LogP contribution in [0.1, 0.15) is 8.22 Å². The van der Waals surface area contributed by atoms with Crippen molar-refractivity contribution in [1.82, 2.24) is 19.5 Å². The number of hydrogen-bond acceptors (Lipinski definition) is 4. The zero-order valence-corrected chi connectivity index (χ0v) is 29.4. The Balaban J connectivity index is 1.26. The van der Waals surface area contributed by atoms with Crippen LogP contribution in [0.2, 0.25) is 0 Å². The van der Waals surface area contributed by atoms with Gasteiger partial charge in [-0.25, -0.2) is 15.0 Å². The lowest BCUT2D eigenvalue weighted by Gasteiger charge is -2.17. The summed E-state index contributed by atoms with van der Waals surface area (Å²) in [5.74, 6) is 1.49. The lowest BCUT2D eigenvalue weighted by molar-refractivity contribution is 1.07. The minimum atomic E-state index is -0.162. The van der Waals surface area contributed by atoms with Gasteiger partial charge in [0.1, 0.15) is 0 Å². The van der Waals surface area contributed by atoms with E-state index >= 15 is 0 Å². The van der Waals surface area contributed by atoms with Crippen molar-refractivity contribution in [1.29, 1.82) is 0 Å². The van der Waals surface area contributed by atoms with Crippen molar-refractivity contribution >= 4 is 64.1 Å². The van der Waals surface area contributed by atoms with E-state index < -0.39 is 0 Å². The summed E-state index contributed by atoms with van der Waals surface area (Å²) >= 11 is 1.68. The molecule has 0 amide bonds. The number of hydrogen-bond donors (Lipinski definition) is 0. The number of rotatable bonds is 5. The zero-order chi connectivity index (χ0) is 40.8. The minimum Gasteiger partial charge on any atom is -0.309 e. The molecule has 11 aromatic rings. The van der Waals surface area contributed by atoms with Crippen molar-refractivity contribution in [2.24, 2.45) is 0 Å². The van der Waals surface area contributed by atoms with Crippen molar-refractivity contribution in [3.05, 3.63) is 182 Å². The number of nitrogens with zero attached hydrogens (tertiary/aromatic N) is 4. The van der Waals surface area contributed by atoms with E-state index in [9.17, 15) is 2.74 Å². The molecule has 0 saturated carbocycles. The molecule has 5 heteroatoms. The maximum absolute atomic E-state index is 9.22. The Labute approximate surface area is 323 Å². The molecule has 0 aliphatic carbocycles. The van der Waals surface area contributed by atoms with Crippen molar-refractivity contribution < 1.29 is 8.22 Å². The van der Waals surface area contributed by atoms with Crippen LogP contribution in [-0.4, -0.2) is 19.5 Å². The third-order valence-corrected chi connectivity index (χ3v) is 11.2. The molecule has 0 aliphatic rings. The van der Waals surface area contributed by atoms with E-state index in [1.54, 1.807) is 15.9 Å². The Morgan fingerprint density at radius 1 is 0.444 bits per heavy atom. The molecule has 0 N–H and O–H groups in total. The van der Waals surface area contributed by atoms with Crippen LogP contribution < -0.4 is 0 Å². The summed E-state index contributed by atoms with van der Waals surface area (Å²) in [4.78, 5) is 15.3. The van der Waals surface area contributed by atoms with Crippen molar-refractivity contribution in [2.45, 2.75) is 0 Å². The van der Waals surface area contributed by atoms with E-state index in [-0.39, 0.29) is 47.0 Å². The predicted molar refractivity (Wildman–Crippen MR) is 226 cm³/mol. The Kier molecular flexibility index (Phi) is 5.73. The molecule has 54 heavy (non-hydrogen) atoms. The van der Waals surface area contributed by atoms with Gasteiger partial charge < -0.3 is 4.57 Å². The van der Waals surface area contributed by atoms with Crippen molar-refractivity contribution in [2.75, 3.05) is 0 Å². The fourth-order valence-corrected chi connectivity index (χ4v) is 8.79. The molecule has 0 saturated heterocycles. The largest absolute Gasteiger partial charge is 0.309 e. The lowest BCUT2D eigenvalue weighted by atomic mass is 9.98. The van der Waals surface area contributed by atoms with Gasteiger partial charge in [0.05, 0.1) is 24.9 Å². The second-order valence-electron chi connectivity index (χ2n) is 13.1. The number of aromatic nitrogens is 4. The van der Waals surface area contributed by atoms with Gasteiger partial charge >= 0.3 is 0 Å². The van der Waals surface area contributed by atoms with Gasteiger partial charge in [-0.15, -0.1) is 11.3 Å². The third kappa shape index (κ3) is 4.86. The normalized spacial score (nSPS) is 13.3. The number of para-hydroxylation sites is 2. The summed E-state index contributed by atoms with van der Waals surface area (Å²) in [6.45, 7) is 0. The molecule has 0 radical (unpaired) electrons. The average molecular weight is 713 g/mol. The standard InChI is InChI=1S/C49H30N4S/c1-2-15-32(16-3-1)47-50-48(52-49(51-47)40-24-12-17-31-14-4-5-18-34(31)40)33-28-29-44(53-42-25-9-6-19-35(42)36-20-7-10-26-43(36)53)41(30-33)39-23-13-22-38-37-21-8-11-27-45(37)54-46(38)39/h1-30H/i6D,7D,19D,20D,25D,26D. The van der Waals surface area contributed by atoms with Crippen LogP contribution in [0, 0.1) is 0 Å². The van der Waals surface area contributed by atoms with Gasteiger partial charge in [-0.2, -0.15) is 0 Å². The van der Waals surface area contributed by atoms with Gasteiger partial charge in [0.15, 0.2) is 17.5 Å². The molecule has 0 aliphatic heterocycles. The highest BCUT2D eigenvalue weighted by Crippen LogP contribution is 2.44. The zero-order valence-electron chi connectivity index (χ0n) is 34.6. The van der Waals surface area contributed by atoms with Crippen LogP contribution >= 0.6 is 11.3 Å². The van der Waals surface area contributed by atoms with Crippen LogP contribution in [0.25, 0.3) is 104 Å². The van der Waals surface area contributed by atoms with E-state index in [1.807, 2.05) is 91.0 Å². The number of fused-ring (bicyclic) bond motifs is 7. The molecule has 3 heterocycles. The smallest absolute Gasteiger partial charge is 0.164 e. The maximum Gasteiger partial charge on any atom is 0.164 e. The summed E-state index contributed by atoms with van der Waals surface area (Å²) in [6.07, 6.45) is 0. The molecule has 0 bridgehead atoms. The number of benzene rings is 8. The summed E-state index contributed by atoms with van der Waals surface area (Å²) in [5, 5.41) is 4.70. The maximum atomic E-state index is 9.22. The van der Waals surface area contributed by atoms with Gasteiger partial charge in [0.2, 0.25) is 0 Å². The van der Waals surface area contributed by atoms with Gasteiger partial charge in [-0.05, 0) is 47.1 Å². The van der Waals surface area contributed by atoms with E-state index in [1.165, 1.54) is 12.1 Å². The highest BCUT2D eigenvalue weighted by molar-refractivity contribution is 7.26. The highest BCUT2D eigenvalue weighted by atomic mass is 32.1.